The Morgan fingerprint density at radius 3 is 2.91 bits per heavy atom. The third-order valence-corrected chi connectivity index (χ3v) is 6.72. The molecular weight excluding hydrogens is 430 g/mol. The van der Waals surface area contributed by atoms with Crippen molar-refractivity contribution >= 4 is 28.9 Å². The predicted molar refractivity (Wildman–Crippen MR) is 119 cm³/mol. The molecule has 2 aromatic carbocycles. The third kappa shape index (κ3) is 3.80. The normalized spacial score (nSPS) is 18.8. The van der Waals surface area contributed by atoms with Crippen LogP contribution in [0.1, 0.15) is 32.8 Å². The molecule has 9 heteroatoms. The van der Waals surface area contributed by atoms with Crippen LogP contribution in [0.25, 0.3) is 0 Å². The van der Waals surface area contributed by atoms with E-state index in [-0.39, 0.29) is 17.9 Å². The number of nitrogens with one attached hydrogen (secondary N) is 2. The van der Waals surface area contributed by atoms with Gasteiger partial charge in [0.2, 0.25) is 4.90 Å². The summed E-state index contributed by atoms with van der Waals surface area (Å²) in [6.07, 6.45) is 2.11. The number of aryl methyl sites for hydroxylation is 1. The van der Waals surface area contributed by atoms with Gasteiger partial charge in [0.05, 0.1) is 6.20 Å². The lowest BCUT2D eigenvalue weighted by Crippen LogP contribution is -2.34. The van der Waals surface area contributed by atoms with E-state index in [1.807, 2.05) is 31.2 Å². The number of carbonyl (C=O) groups excluding carboxylic acids is 2. The summed E-state index contributed by atoms with van der Waals surface area (Å²) < 4.78 is 26.0. The number of para-hydroxylation sites is 2. The van der Waals surface area contributed by atoms with E-state index in [0.717, 1.165) is 11.3 Å². The average molecular weight is 452 g/mol. The molecule has 3 aromatic rings. The Hall–Kier alpha value is -3.43. The van der Waals surface area contributed by atoms with Crippen LogP contribution in [0.5, 0.6) is 11.5 Å². The lowest BCUT2D eigenvalue weighted by atomic mass is 10.1. The Morgan fingerprint density at radius 1 is 1.25 bits per heavy atom. The average Bonchev–Trinajstić information content (AvgIpc) is 3.16. The van der Waals surface area contributed by atoms with Crippen LogP contribution in [-0.4, -0.2) is 39.6 Å². The van der Waals surface area contributed by atoms with Crippen molar-refractivity contribution in [1.82, 2.24) is 9.29 Å². The summed E-state index contributed by atoms with van der Waals surface area (Å²) in [5, 5.41) is 5.63. The number of nitrogens with zero attached hydrogens (tertiary/aromatic N) is 1. The van der Waals surface area contributed by atoms with E-state index in [9.17, 15) is 14.1 Å². The highest BCUT2D eigenvalue weighted by molar-refractivity contribution is 7.90. The predicted octanol–water partition coefficient (Wildman–Crippen LogP) is 2.89. The Labute approximate surface area is 187 Å². The molecule has 0 spiro atoms. The first-order valence-corrected chi connectivity index (χ1v) is 11.3. The van der Waals surface area contributed by atoms with E-state index in [1.165, 1.54) is 3.97 Å². The van der Waals surface area contributed by atoms with Gasteiger partial charge in [-0.15, -0.1) is 0 Å². The molecule has 2 atom stereocenters. The lowest BCUT2D eigenvalue weighted by Gasteiger charge is -2.26. The molecule has 0 saturated heterocycles. The zero-order chi connectivity index (χ0) is 22.2. The van der Waals surface area contributed by atoms with E-state index >= 15 is 0 Å². The summed E-state index contributed by atoms with van der Waals surface area (Å²) >= 11 is -1.58. The number of fused-ring (bicyclic) bond motifs is 3. The second kappa shape index (κ2) is 8.25. The first-order valence-electron chi connectivity index (χ1n) is 10.2. The monoisotopic (exact) mass is 451 g/mol. The molecule has 0 bridgehead atoms. The molecule has 0 radical (unpaired) electrons. The number of hydrogen-bond donors (Lipinski definition) is 2. The van der Waals surface area contributed by atoms with Crippen molar-refractivity contribution in [3.05, 3.63) is 71.5 Å². The van der Waals surface area contributed by atoms with Gasteiger partial charge in [0.1, 0.15) is 29.8 Å². The number of amides is 2. The molecule has 2 aliphatic heterocycles. The molecule has 2 N–H and O–H groups in total. The van der Waals surface area contributed by atoms with Crippen molar-refractivity contribution in [3.63, 3.8) is 0 Å². The first-order chi connectivity index (χ1) is 15.5. The fraction of sp³-hybridized carbons (Fsp3) is 0.217. The molecular formula is C23H21N3O5S. The minimum Gasteiger partial charge on any atom is -0.587 e. The number of rotatable bonds is 4. The van der Waals surface area contributed by atoms with Gasteiger partial charge in [-0.3, -0.25) is 9.59 Å². The fourth-order valence-corrected chi connectivity index (χ4v) is 5.01. The van der Waals surface area contributed by atoms with E-state index in [1.54, 1.807) is 30.5 Å². The number of anilines is 1. The summed E-state index contributed by atoms with van der Waals surface area (Å²) in [7, 11) is 0. The van der Waals surface area contributed by atoms with Gasteiger partial charge in [-0.2, -0.15) is 3.97 Å². The summed E-state index contributed by atoms with van der Waals surface area (Å²) in [5.41, 5.74) is 1.90. The van der Waals surface area contributed by atoms with E-state index in [2.05, 4.69) is 10.6 Å². The van der Waals surface area contributed by atoms with Gasteiger partial charge >= 0.3 is 0 Å². The number of hydrogen-bond acceptors (Lipinski definition) is 5. The van der Waals surface area contributed by atoms with Crippen molar-refractivity contribution < 1.29 is 23.6 Å². The molecule has 2 aliphatic rings. The van der Waals surface area contributed by atoms with Gasteiger partial charge in [0.15, 0.2) is 17.2 Å². The molecule has 2 amide bonds. The van der Waals surface area contributed by atoms with Gasteiger partial charge in [0.25, 0.3) is 11.8 Å². The fourth-order valence-electron chi connectivity index (χ4n) is 3.74. The zero-order valence-electron chi connectivity index (χ0n) is 17.3. The minimum atomic E-state index is -1.58. The number of benzene rings is 2. The Bertz CT molecular complexity index is 1210. The van der Waals surface area contributed by atoms with Crippen molar-refractivity contribution in [3.8, 4) is 11.5 Å². The molecule has 1 unspecified atom stereocenters. The smallest absolute Gasteiger partial charge is 0.277 e. The standard InChI is InChI=1S/C23H21N3O5S/c1-14-10-18-23(28)25-17-11-15(6-7-21(17)32(29)26(18)12-14)22(27)24-9-8-16-13-30-19-4-2-3-5-20(19)31-16/h2-7,10-12,16H,8-9,13H2,1H3,(H,24,27)(H,25,28)/t16-,32?/m1/s1. The van der Waals surface area contributed by atoms with Crippen LogP contribution in [-0.2, 0) is 11.4 Å². The van der Waals surface area contributed by atoms with Crippen molar-refractivity contribution in [2.24, 2.45) is 0 Å². The highest BCUT2D eigenvalue weighted by atomic mass is 32.2. The van der Waals surface area contributed by atoms with Gasteiger partial charge in [-0.05, 0) is 48.9 Å². The molecule has 0 aliphatic carbocycles. The Morgan fingerprint density at radius 2 is 2.06 bits per heavy atom. The van der Waals surface area contributed by atoms with Gasteiger partial charge in [-0.25, -0.2) is 0 Å². The van der Waals surface area contributed by atoms with Crippen LogP contribution in [0.3, 0.4) is 0 Å². The molecule has 32 heavy (non-hydrogen) atoms. The van der Waals surface area contributed by atoms with Crippen LogP contribution in [0.2, 0.25) is 0 Å². The zero-order valence-corrected chi connectivity index (χ0v) is 18.1. The molecule has 164 valence electrons. The summed E-state index contributed by atoms with van der Waals surface area (Å²) in [4.78, 5) is 25.6. The van der Waals surface area contributed by atoms with E-state index < -0.39 is 11.4 Å². The second-order valence-corrected chi connectivity index (χ2v) is 9.02. The largest absolute Gasteiger partial charge is 0.587 e. The molecule has 0 saturated carbocycles. The maximum Gasteiger partial charge on any atom is 0.277 e. The second-order valence-electron chi connectivity index (χ2n) is 7.68. The van der Waals surface area contributed by atoms with Crippen LogP contribution in [0, 0.1) is 6.92 Å². The maximum atomic E-state index is 13.0. The SMILES string of the molecule is Cc1cc2n(c1)[S+]([O-])c1ccc(C(=O)NCC[C@@H]3COc4ccccc4O3)cc1NC2=O. The third-order valence-electron chi connectivity index (χ3n) is 5.33. The van der Waals surface area contributed by atoms with Crippen molar-refractivity contribution in [2.75, 3.05) is 18.5 Å². The highest BCUT2D eigenvalue weighted by Gasteiger charge is 2.31. The first kappa shape index (κ1) is 20.5. The number of aromatic nitrogens is 1. The number of ether oxygens (including phenoxy) is 2. The topological polar surface area (TPSA) is 105 Å². The molecule has 1 aromatic heterocycles. The summed E-state index contributed by atoms with van der Waals surface area (Å²) in [5.74, 6) is 0.770. The van der Waals surface area contributed by atoms with Crippen LogP contribution >= 0.6 is 0 Å². The summed E-state index contributed by atoms with van der Waals surface area (Å²) in [6.45, 7) is 2.66. The summed E-state index contributed by atoms with van der Waals surface area (Å²) in [6, 6.07) is 13.9. The number of carbonyl (C=O) groups is 2. The maximum absolute atomic E-state index is 13.0. The van der Waals surface area contributed by atoms with Gasteiger partial charge < -0.3 is 24.7 Å². The molecule has 0 fully saturated rings. The molecule has 3 heterocycles. The highest BCUT2D eigenvalue weighted by Crippen LogP contribution is 2.32. The van der Waals surface area contributed by atoms with E-state index in [4.69, 9.17) is 9.47 Å². The minimum absolute atomic E-state index is 0.155. The lowest BCUT2D eigenvalue weighted by molar-refractivity contribution is 0.0812. The van der Waals surface area contributed by atoms with Crippen molar-refractivity contribution in [1.29, 1.82) is 0 Å². The van der Waals surface area contributed by atoms with Crippen LogP contribution in [0.15, 0.2) is 59.6 Å². The quantitative estimate of drug-likeness (QED) is 0.594. The Kier molecular flexibility index (Phi) is 5.28. The van der Waals surface area contributed by atoms with Gasteiger partial charge in [0, 0.05) is 18.5 Å². The van der Waals surface area contributed by atoms with E-state index in [0.29, 0.717) is 47.2 Å². The van der Waals surface area contributed by atoms with Crippen LogP contribution < -0.4 is 20.1 Å². The van der Waals surface area contributed by atoms with Gasteiger partial charge in [-0.1, -0.05) is 12.1 Å². The molecule has 5 rings (SSSR count). The van der Waals surface area contributed by atoms with Crippen molar-refractivity contribution in [2.45, 2.75) is 24.3 Å². The van der Waals surface area contributed by atoms with Crippen LogP contribution in [0.4, 0.5) is 5.69 Å². The Balaban J connectivity index is 1.24. The molecule has 8 nitrogen and oxygen atoms in total.